The van der Waals surface area contributed by atoms with Gasteiger partial charge >= 0.3 is 0 Å². The monoisotopic (exact) mass is 274 g/mol. The van der Waals surface area contributed by atoms with Crippen molar-refractivity contribution in [2.24, 2.45) is 0 Å². The molecule has 1 atom stereocenters. The summed E-state index contributed by atoms with van der Waals surface area (Å²) in [5, 5.41) is 6.96. The number of carbonyl (C=O) groups excluding carboxylic acids is 1. The first-order valence-electron chi connectivity index (χ1n) is 6.84. The van der Waals surface area contributed by atoms with Crippen LogP contribution in [0.5, 0.6) is 0 Å². The molecule has 1 aliphatic heterocycles. The van der Waals surface area contributed by atoms with Gasteiger partial charge in [-0.15, -0.1) is 0 Å². The minimum atomic E-state index is 0.0213. The van der Waals surface area contributed by atoms with Crippen LogP contribution >= 0.6 is 0 Å². The highest BCUT2D eigenvalue weighted by molar-refractivity contribution is 5.79. The highest BCUT2D eigenvalue weighted by Crippen LogP contribution is 2.15. The predicted octanol–water partition coefficient (Wildman–Crippen LogP) is 1.16. The van der Waals surface area contributed by atoms with Crippen LogP contribution in [0.3, 0.4) is 0 Å². The van der Waals surface area contributed by atoms with Crippen molar-refractivity contribution in [1.82, 2.24) is 20.0 Å². The van der Waals surface area contributed by atoms with Gasteiger partial charge in [-0.2, -0.15) is 0 Å². The van der Waals surface area contributed by atoms with Crippen molar-refractivity contribution in [3.63, 3.8) is 0 Å². The Kier molecular flexibility index (Phi) is 3.30. The predicted molar refractivity (Wildman–Crippen MR) is 72.2 cm³/mol. The molecule has 20 heavy (non-hydrogen) atoms. The van der Waals surface area contributed by atoms with Crippen LogP contribution in [-0.2, 0) is 24.2 Å². The van der Waals surface area contributed by atoms with E-state index in [1.807, 2.05) is 26.2 Å². The number of carbonyl (C=O) groups is 1. The van der Waals surface area contributed by atoms with Crippen LogP contribution < -0.4 is 5.32 Å². The highest BCUT2D eigenvalue weighted by Gasteiger charge is 2.21. The first-order valence-corrected chi connectivity index (χ1v) is 6.84. The Morgan fingerprint density at radius 2 is 2.40 bits per heavy atom. The summed E-state index contributed by atoms with van der Waals surface area (Å²) >= 11 is 0. The number of rotatable bonds is 3. The average molecular weight is 274 g/mol. The van der Waals surface area contributed by atoms with Gasteiger partial charge in [0.25, 0.3) is 0 Å². The third kappa shape index (κ3) is 2.45. The first kappa shape index (κ1) is 12.9. The van der Waals surface area contributed by atoms with Gasteiger partial charge in [0.15, 0.2) is 0 Å². The van der Waals surface area contributed by atoms with Crippen molar-refractivity contribution >= 4 is 5.91 Å². The van der Waals surface area contributed by atoms with Crippen LogP contribution in [0.2, 0.25) is 0 Å². The van der Waals surface area contributed by atoms with Crippen LogP contribution in [0.4, 0.5) is 0 Å². The summed E-state index contributed by atoms with van der Waals surface area (Å²) in [7, 11) is 0. The molecule has 3 heterocycles. The maximum absolute atomic E-state index is 12.1. The maximum Gasteiger partial charge on any atom is 0.224 e. The Hall–Kier alpha value is -2.11. The molecule has 6 nitrogen and oxygen atoms in total. The van der Waals surface area contributed by atoms with Crippen molar-refractivity contribution in [2.75, 3.05) is 0 Å². The molecule has 0 spiro atoms. The summed E-state index contributed by atoms with van der Waals surface area (Å²) in [6.07, 6.45) is 5.94. The number of aryl methyl sites for hydroxylation is 3. The van der Waals surface area contributed by atoms with Gasteiger partial charge in [0.1, 0.15) is 11.6 Å². The topological polar surface area (TPSA) is 73.0 Å². The molecule has 1 aliphatic rings. The SMILES string of the molecule is Cc1noc(C)c1CC(=O)N[C@@H]1CCc2nccn2C1. The van der Waals surface area contributed by atoms with Gasteiger partial charge in [0.2, 0.25) is 5.91 Å². The van der Waals surface area contributed by atoms with Gasteiger partial charge in [-0.1, -0.05) is 5.16 Å². The van der Waals surface area contributed by atoms with E-state index >= 15 is 0 Å². The number of imidazole rings is 1. The number of nitrogens with one attached hydrogen (secondary N) is 1. The van der Waals surface area contributed by atoms with Gasteiger partial charge in [-0.05, 0) is 20.3 Å². The number of hydrogen-bond acceptors (Lipinski definition) is 4. The molecular weight excluding hydrogens is 256 g/mol. The minimum absolute atomic E-state index is 0.0213. The molecular formula is C14H18N4O2. The fraction of sp³-hybridized carbons (Fsp3) is 0.500. The van der Waals surface area contributed by atoms with Gasteiger partial charge in [-0.3, -0.25) is 4.79 Å². The number of amides is 1. The van der Waals surface area contributed by atoms with Crippen molar-refractivity contribution in [3.05, 3.63) is 35.2 Å². The summed E-state index contributed by atoms with van der Waals surface area (Å²) in [6, 6.07) is 0.171. The van der Waals surface area contributed by atoms with Gasteiger partial charge in [0, 0.05) is 37.0 Å². The van der Waals surface area contributed by atoms with Crippen LogP contribution in [0, 0.1) is 13.8 Å². The minimum Gasteiger partial charge on any atom is -0.361 e. The van der Waals surface area contributed by atoms with Crippen molar-refractivity contribution < 1.29 is 9.32 Å². The lowest BCUT2D eigenvalue weighted by Gasteiger charge is -2.24. The second-order valence-corrected chi connectivity index (χ2v) is 5.28. The van der Waals surface area contributed by atoms with E-state index in [0.717, 1.165) is 42.2 Å². The normalized spacial score (nSPS) is 17.8. The Balaban J connectivity index is 1.60. The van der Waals surface area contributed by atoms with E-state index in [-0.39, 0.29) is 11.9 Å². The fourth-order valence-electron chi connectivity index (χ4n) is 2.68. The smallest absolute Gasteiger partial charge is 0.224 e. The summed E-state index contributed by atoms with van der Waals surface area (Å²) in [5.41, 5.74) is 1.68. The molecule has 3 rings (SSSR count). The number of hydrogen-bond donors (Lipinski definition) is 1. The molecule has 1 N–H and O–H groups in total. The lowest BCUT2D eigenvalue weighted by atomic mass is 10.1. The van der Waals surface area contributed by atoms with Crippen LogP contribution in [0.25, 0.3) is 0 Å². The van der Waals surface area contributed by atoms with E-state index in [9.17, 15) is 4.79 Å². The molecule has 1 amide bonds. The Morgan fingerprint density at radius 3 is 3.15 bits per heavy atom. The molecule has 0 fully saturated rings. The third-order valence-corrected chi connectivity index (χ3v) is 3.82. The highest BCUT2D eigenvalue weighted by atomic mass is 16.5. The van der Waals surface area contributed by atoms with Gasteiger partial charge in [-0.25, -0.2) is 4.98 Å². The van der Waals surface area contributed by atoms with E-state index in [0.29, 0.717) is 6.42 Å². The molecule has 2 aromatic rings. The molecule has 2 aromatic heterocycles. The Morgan fingerprint density at radius 1 is 1.55 bits per heavy atom. The van der Waals surface area contributed by atoms with Crippen molar-refractivity contribution in [2.45, 2.75) is 45.7 Å². The third-order valence-electron chi connectivity index (χ3n) is 3.82. The summed E-state index contributed by atoms with van der Waals surface area (Å²) in [6.45, 7) is 4.49. The van der Waals surface area contributed by atoms with E-state index in [2.05, 4.69) is 20.0 Å². The van der Waals surface area contributed by atoms with Crippen LogP contribution in [0.1, 0.15) is 29.3 Å². The fourth-order valence-corrected chi connectivity index (χ4v) is 2.68. The zero-order valence-corrected chi connectivity index (χ0v) is 11.7. The van der Waals surface area contributed by atoms with Crippen molar-refractivity contribution in [1.29, 1.82) is 0 Å². The number of nitrogens with zero attached hydrogens (tertiary/aromatic N) is 3. The molecule has 0 unspecified atom stereocenters. The van der Waals surface area contributed by atoms with Crippen LogP contribution in [0.15, 0.2) is 16.9 Å². The quantitative estimate of drug-likeness (QED) is 0.911. The van der Waals surface area contributed by atoms with Gasteiger partial charge < -0.3 is 14.4 Å². The number of fused-ring (bicyclic) bond motifs is 1. The summed E-state index contributed by atoms with van der Waals surface area (Å²) in [5.74, 6) is 1.84. The van der Waals surface area contributed by atoms with E-state index < -0.39 is 0 Å². The molecule has 0 saturated heterocycles. The molecule has 0 bridgehead atoms. The summed E-state index contributed by atoms with van der Waals surface area (Å²) < 4.78 is 7.18. The van der Waals surface area contributed by atoms with E-state index in [4.69, 9.17) is 4.52 Å². The molecule has 0 aromatic carbocycles. The number of aromatic nitrogens is 3. The van der Waals surface area contributed by atoms with Crippen molar-refractivity contribution in [3.8, 4) is 0 Å². The molecule has 0 aliphatic carbocycles. The Bertz CT molecular complexity index is 609. The Labute approximate surface area is 117 Å². The first-order chi connectivity index (χ1) is 9.63. The largest absolute Gasteiger partial charge is 0.361 e. The zero-order valence-electron chi connectivity index (χ0n) is 11.7. The summed E-state index contributed by atoms with van der Waals surface area (Å²) in [4.78, 5) is 16.4. The second-order valence-electron chi connectivity index (χ2n) is 5.28. The lowest BCUT2D eigenvalue weighted by Crippen LogP contribution is -2.41. The standard InChI is InChI=1S/C14H18N4O2/c1-9-12(10(2)20-17-9)7-14(19)16-11-3-4-13-15-5-6-18(13)8-11/h5-6,11H,3-4,7-8H2,1-2H3,(H,16,19)/t11-/m1/s1. The molecule has 0 saturated carbocycles. The van der Waals surface area contributed by atoms with E-state index in [1.54, 1.807) is 0 Å². The lowest BCUT2D eigenvalue weighted by molar-refractivity contribution is -0.121. The molecule has 6 heteroatoms. The van der Waals surface area contributed by atoms with Gasteiger partial charge in [0.05, 0.1) is 12.1 Å². The second kappa shape index (κ2) is 5.11. The zero-order chi connectivity index (χ0) is 14.1. The maximum atomic E-state index is 12.1. The van der Waals surface area contributed by atoms with E-state index in [1.165, 1.54) is 0 Å². The molecule has 106 valence electrons. The average Bonchev–Trinajstić information content (AvgIpc) is 3.00. The van der Waals surface area contributed by atoms with Crippen LogP contribution in [-0.4, -0.2) is 26.7 Å². The molecule has 0 radical (unpaired) electrons.